The maximum Gasteiger partial charge on any atom is 0.127 e. The van der Waals surface area contributed by atoms with Crippen molar-refractivity contribution < 1.29 is 4.39 Å². The molecular formula is C17H17FN2. The largest absolute Gasteiger partial charge is 0.343 e. The number of nitrogens with two attached hydrogens (primary N) is 1. The van der Waals surface area contributed by atoms with Crippen molar-refractivity contribution in [1.29, 1.82) is 0 Å². The average Bonchev–Trinajstić information content (AvgIpc) is 2.78. The van der Waals surface area contributed by atoms with E-state index in [1.54, 1.807) is 0 Å². The highest BCUT2D eigenvalue weighted by molar-refractivity contribution is 5.83. The van der Waals surface area contributed by atoms with Crippen molar-refractivity contribution in [2.75, 3.05) is 0 Å². The molecule has 3 rings (SSSR count). The number of rotatable bonds is 3. The summed E-state index contributed by atoms with van der Waals surface area (Å²) in [6.07, 6.45) is 2.14. The molecule has 1 aromatic heterocycles. The van der Waals surface area contributed by atoms with E-state index in [9.17, 15) is 4.39 Å². The van der Waals surface area contributed by atoms with E-state index >= 15 is 0 Å². The molecule has 20 heavy (non-hydrogen) atoms. The molecule has 0 amide bonds. The van der Waals surface area contributed by atoms with Gasteiger partial charge in [0, 0.05) is 35.8 Å². The maximum absolute atomic E-state index is 13.5. The Labute approximate surface area is 117 Å². The van der Waals surface area contributed by atoms with E-state index in [1.165, 1.54) is 22.5 Å². The molecule has 2 aromatic carbocycles. The topological polar surface area (TPSA) is 30.9 Å². The first-order chi connectivity index (χ1) is 9.69. The van der Waals surface area contributed by atoms with E-state index in [0.29, 0.717) is 5.56 Å². The van der Waals surface area contributed by atoms with E-state index < -0.39 is 0 Å². The van der Waals surface area contributed by atoms with Crippen LogP contribution in [0, 0.1) is 12.7 Å². The molecule has 0 saturated heterocycles. The Balaban J connectivity index is 2.01. The fourth-order valence-corrected chi connectivity index (χ4v) is 2.64. The van der Waals surface area contributed by atoms with Gasteiger partial charge < -0.3 is 10.3 Å². The summed E-state index contributed by atoms with van der Waals surface area (Å²) < 4.78 is 15.7. The standard InChI is InChI=1S/C17H17FN2/c1-12-10-20(17-5-3-2-4-15(12)17)11-13-6-7-16(18)14(8-13)9-19/h2-8,10H,9,11,19H2,1H3. The Morgan fingerprint density at radius 3 is 2.75 bits per heavy atom. The minimum atomic E-state index is -0.232. The van der Waals surface area contributed by atoms with Gasteiger partial charge in [-0.15, -0.1) is 0 Å². The summed E-state index contributed by atoms with van der Waals surface area (Å²) in [5.41, 5.74) is 9.64. The molecule has 0 aliphatic carbocycles. The van der Waals surface area contributed by atoms with Crippen molar-refractivity contribution in [2.24, 2.45) is 5.73 Å². The molecule has 3 heteroatoms. The molecule has 0 unspecified atom stereocenters. The van der Waals surface area contributed by atoms with E-state index in [4.69, 9.17) is 5.73 Å². The van der Waals surface area contributed by atoms with Gasteiger partial charge >= 0.3 is 0 Å². The van der Waals surface area contributed by atoms with Gasteiger partial charge in [-0.25, -0.2) is 4.39 Å². The van der Waals surface area contributed by atoms with Gasteiger partial charge in [0.2, 0.25) is 0 Å². The normalized spacial score (nSPS) is 11.2. The molecular weight excluding hydrogens is 251 g/mol. The lowest BCUT2D eigenvalue weighted by molar-refractivity contribution is 0.609. The number of hydrogen-bond acceptors (Lipinski definition) is 1. The third kappa shape index (κ3) is 2.21. The molecule has 102 valence electrons. The van der Waals surface area contributed by atoms with E-state index in [1.807, 2.05) is 24.3 Å². The summed E-state index contributed by atoms with van der Waals surface area (Å²) in [5, 5.41) is 1.26. The third-order valence-electron chi connectivity index (χ3n) is 3.67. The van der Waals surface area contributed by atoms with Gasteiger partial charge in [-0.05, 0) is 36.2 Å². The second-order valence-electron chi connectivity index (χ2n) is 5.09. The third-order valence-corrected chi connectivity index (χ3v) is 3.67. The van der Waals surface area contributed by atoms with Crippen LogP contribution < -0.4 is 5.73 Å². The summed E-state index contributed by atoms with van der Waals surface area (Å²) in [6, 6.07) is 13.5. The van der Waals surface area contributed by atoms with Crippen LogP contribution in [0.2, 0.25) is 0 Å². The van der Waals surface area contributed by atoms with Crippen LogP contribution in [0.5, 0.6) is 0 Å². The van der Waals surface area contributed by atoms with Crippen LogP contribution in [0.25, 0.3) is 10.9 Å². The van der Waals surface area contributed by atoms with Crippen molar-refractivity contribution in [3.63, 3.8) is 0 Å². The van der Waals surface area contributed by atoms with Gasteiger partial charge in [0.1, 0.15) is 5.82 Å². The van der Waals surface area contributed by atoms with Crippen molar-refractivity contribution in [3.8, 4) is 0 Å². The number of nitrogens with zero attached hydrogens (tertiary/aromatic N) is 1. The van der Waals surface area contributed by atoms with Gasteiger partial charge in [0.15, 0.2) is 0 Å². The second-order valence-corrected chi connectivity index (χ2v) is 5.09. The lowest BCUT2D eigenvalue weighted by atomic mass is 10.1. The Morgan fingerprint density at radius 1 is 1.15 bits per heavy atom. The second kappa shape index (κ2) is 5.10. The van der Waals surface area contributed by atoms with Crippen LogP contribution in [-0.4, -0.2) is 4.57 Å². The first-order valence-electron chi connectivity index (χ1n) is 6.71. The molecule has 0 aliphatic heterocycles. The lowest BCUT2D eigenvalue weighted by Crippen LogP contribution is -2.03. The molecule has 0 aliphatic rings. The number of benzene rings is 2. The first kappa shape index (κ1) is 12.9. The smallest absolute Gasteiger partial charge is 0.127 e. The van der Waals surface area contributed by atoms with Crippen LogP contribution in [0.1, 0.15) is 16.7 Å². The fourth-order valence-electron chi connectivity index (χ4n) is 2.64. The molecule has 2 nitrogen and oxygen atoms in total. The van der Waals surface area contributed by atoms with Gasteiger partial charge in [0.05, 0.1) is 0 Å². The number of halogens is 1. The van der Waals surface area contributed by atoms with Crippen LogP contribution in [0.3, 0.4) is 0 Å². The quantitative estimate of drug-likeness (QED) is 0.773. The van der Waals surface area contributed by atoms with Crippen LogP contribution >= 0.6 is 0 Å². The number of aromatic nitrogens is 1. The van der Waals surface area contributed by atoms with E-state index in [0.717, 1.165) is 12.1 Å². The number of fused-ring (bicyclic) bond motifs is 1. The predicted molar refractivity (Wildman–Crippen MR) is 80.1 cm³/mol. The monoisotopic (exact) mass is 268 g/mol. The average molecular weight is 268 g/mol. The zero-order valence-electron chi connectivity index (χ0n) is 11.4. The summed E-state index contributed by atoms with van der Waals surface area (Å²) in [6.45, 7) is 3.06. The molecule has 2 N–H and O–H groups in total. The summed E-state index contributed by atoms with van der Waals surface area (Å²) in [4.78, 5) is 0. The van der Waals surface area contributed by atoms with E-state index in [-0.39, 0.29) is 12.4 Å². The zero-order valence-corrected chi connectivity index (χ0v) is 11.4. The Morgan fingerprint density at radius 2 is 1.95 bits per heavy atom. The van der Waals surface area contributed by atoms with Gasteiger partial charge in [0.25, 0.3) is 0 Å². The van der Waals surface area contributed by atoms with Gasteiger partial charge in [-0.2, -0.15) is 0 Å². The van der Waals surface area contributed by atoms with Crippen molar-refractivity contribution in [2.45, 2.75) is 20.0 Å². The Bertz CT molecular complexity index is 759. The Kier molecular flexibility index (Phi) is 3.28. The minimum absolute atomic E-state index is 0.227. The summed E-state index contributed by atoms with van der Waals surface area (Å²) >= 11 is 0. The molecule has 0 radical (unpaired) electrons. The van der Waals surface area contributed by atoms with Crippen molar-refractivity contribution in [3.05, 3.63) is 71.2 Å². The number of para-hydroxylation sites is 1. The molecule has 3 aromatic rings. The predicted octanol–water partition coefficient (Wildman–Crippen LogP) is 3.60. The molecule has 0 saturated carbocycles. The molecule has 0 spiro atoms. The molecule has 0 fully saturated rings. The first-order valence-corrected chi connectivity index (χ1v) is 6.71. The summed E-state index contributed by atoms with van der Waals surface area (Å²) in [5.74, 6) is -0.232. The zero-order chi connectivity index (χ0) is 14.1. The number of hydrogen-bond donors (Lipinski definition) is 1. The van der Waals surface area contributed by atoms with Gasteiger partial charge in [-0.1, -0.05) is 24.3 Å². The lowest BCUT2D eigenvalue weighted by Gasteiger charge is -2.08. The van der Waals surface area contributed by atoms with Gasteiger partial charge in [-0.3, -0.25) is 0 Å². The van der Waals surface area contributed by atoms with Crippen LogP contribution in [0.4, 0.5) is 4.39 Å². The van der Waals surface area contributed by atoms with Crippen LogP contribution in [0.15, 0.2) is 48.7 Å². The molecule has 0 bridgehead atoms. The minimum Gasteiger partial charge on any atom is -0.343 e. The van der Waals surface area contributed by atoms with Crippen molar-refractivity contribution in [1.82, 2.24) is 4.57 Å². The number of aryl methyl sites for hydroxylation is 1. The highest BCUT2D eigenvalue weighted by Gasteiger charge is 2.07. The molecule has 1 heterocycles. The fraction of sp³-hybridized carbons (Fsp3) is 0.176. The highest BCUT2D eigenvalue weighted by atomic mass is 19.1. The van der Waals surface area contributed by atoms with Crippen molar-refractivity contribution >= 4 is 10.9 Å². The van der Waals surface area contributed by atoms with E-state index in [2.05, 4.69) is 29.8 Å². The molecule has 0 atom stereocenters. The maximum atomic E-state index is 13.5. The Hall–Kier alpha value is -2.13. The summed E-state index contributed by atoms with van der Waals surface area (Å²) in [7, 11) is 0. The SMILES string of the molecule is Cc1cn(Cc2ccc(F)c(CN)c2)c2ccccc12. The van der Waals surface area contributed by atoms with Crippen LogP contribution in [-0.2, 0) is 13.1 Å². The highest BCUT2D eigenvalue weighted by Crippen LogP contribution is 2.22.